The van der Waals surface area contributed by atoms with Crippen molar-refractivity contribution in [1.82, 2.24) is 14.8 Å². The van der Waals surface area contributed by atoms with Crippen LogP contribution < -0.4 is 4.74 Å². The smallest absolute Gasteiger partial charge is 0.190 e. The maximum Gasteiger partial charge on any atom is 0.190 e. The average molecular weight is 337 g/mol. The Labute approximate surface area is 140 Å². The second-order valence-electron chi connectivity index (χ2n) is 5.36. The monoisotopic (exact) mass is 337 g/mol. The number of aryl methyl sites for hydroxylation is 3. The molecule has 23 heavy (non-hydrogen) atoms. The fraction of sp³-hybridized carbons (Fsp3) is 0.500. The zero-order valence-corrected chi connectivity index (χ0v) is 14.5. The molecule has 1 aromatic carbocycles. The SMILES string of the molecule is Cc1ccc(OCCOCC(O)CSc2nncn2C)cc1C. The summed E-state index contributed by atoms with van der Waals surface area (Å²) in [5.74, 6) is 1.36. The van der Waals surface area contributed by atoms with E-state index in [-0.39, 0.29) is 6.61 Å². The first-order chi connectivity index (χ1) is 11.1. The molecule has 2 rings (SSSR count). The third-order valence-electron chi connectivity index (χ3n) is 3.36. The Balaban J connectivity index is 1.57. The van der Waals surface area contributed by atoms with Crippen molar-refractivity contribution < 1.29 is 14.6 Å². The highest BCUT2D eigenvalue weighted by Crippen LogP contribution is 2.16. The molecule has 0 aliphatic carbocycles. The topological polar surface area (TPSA) is 69.4 Å². The highest BCUT2D eigenvalue weighted by Gasteiger charge is 2.08. The molecule has 0 bridgehead atoms. The van der Waals surface area contributed by atoms with Crippen molar-refractivity contribution in [1.29, 1.82) is 0 Å². The van der Waals surface area contributed by atoms with E-state index in [0.29, 0.717) is 19.0 Å². The van der Waals surface area contributed by atoms with Gasteiger partial charge in [-0.15, -0.1) is 10.2 Å². The molecule has 1 unspecified atom stereocenters. The summed E-state index contributed by atoms with van der Waals surface area (Å²) in [7, 11) is 1.87. The molecular weight excluding hydrogens is 314 g/mol. The van der Waals surface area contributed by atoms with Crippen LogP contribution >= 0.6 is 11.8 Å². The molecule has 1 heterocycles. The number of hydrogen-bond donors (Lipinski definition) is 1. The second kappa shape index (κ2) is 8.90. The molecule has 0 saturated carbocycles. The van der Waals surface area contributed by atoms with Gasteiger partial charge in [0.05, 0.1) is 19.3 Å². The number of benzene rings is 1. The normalized spacial score (nSPS) is 12.3. The van der Waals surface area contributed by atoms with Crippen molar-refractivity contribution in [3.8, 4) is 5.75 Å². The minimum absolute atomic E-state index is 0.279. The molecule has 6 nitrogen and oxygen atoms in total. The Morgan fingerprint density at radius 2 is 2.09 bits per heavy atom. The summed E-state index contributed by atoms with van der Waals surface area (Å²) in [6.45, 7) is 5.32. The number of nitrogens with zero attached hydrogens (tertiary/aromatic N) is 3. The summed E-state index contributed by atoms with van der Waals surface area (Å²) in [6, 6.07) is 6.01. The molecule has 1 N–H and O–H groups in total. The minimum Gasteiger partial charge on any atom is -0.491 e. The fourth-order valence-corrected chi connectivity index (χ4v) is 2.66. The van der Waals surface area contributed by atoms with E-state index in [1.807, 2.05) is 29.8 Å². The van der Waals surface area contributed by atoms with Gasteiger partial charge in [0.2, 0.25) is 0 Å². The van der Waals surface area contributed by atoms with Gasteiger partial charge in [-0.25, -0.2) is 0 Å². The lowest BCUT2D eigenvalue weighted by molar-refractivity contribution is 0.0348. The van der Waals surface area contributed by atoms with Crippen molar-refractivity contribution in [3.63, 3.8) is 0 Å². The highest BCUT2D eigenvalue weighted by atomic mass is 32.2. The molecule has 1 aromatic heterocycles. The largest absolute Gasteiger partial charge is 0.491 e. The molecular formula is C16H23N3O3S. The Morgan fingerprint density at radius 1 is 1.26 bits per heavy atom. The first-order valence-corrected chi connectivity index (χ1v) is 8.47. The van der Waals surface area contributed by atoms with Gasteiger partial charge in [0, 0.05) is 12.8 Å². The van der Waals surface area contributed by atoms with Crippen LogP contribution in [0.3, 0.4) is 0 Å². The fourth-order valence-electron chi connectivity index (χ4n) is 1.86. The summed E-state index contributed by atoms with van der Waals surface area (Å²) in [5.41, 5.74) is 2.46. The molecule has 126 valence electrons. The Bertz CT molecular complexity index is 618. The number of aromatic nitrogens is 3. The molecule has 0 aliphatic rings. The van der Waals surface area contributed by atoms with E-state index in [0.717, 1.165) is 10.9 Å². The van der Waals surface area contributed by atoms with Crippen molar-refractivity contribution >= 4 is 11.8 Å². The third kappa shape index (κ3) is 5.85. The van der Waals surface area contributed by atoms with Crippen LogP contribution in [0, 0.1) is 13.8 Å². The number of aliphatic hydroxyl groups is 1. The molecule has 0 spiro atoms. The molecule has 1 atom stereocenters. The van der Waals surface area contributed by atoms with Crippen molar-refractivity contribution in [2.24, 2.45) is 7.05 Å². The first-order valence-electron chi connectivity index (χ1n) is 7.49. The van der Waals surface area contributed by atoms with Crippen LogP contribution in [-0.4, -0.2) is 51.5 Å². The van der Waals surface area contributed by atoms with E-state index < -0.39 is 6.10 Å². The molecule has 0 amide bonds. The van der Waals surface area contributed by atoms with E-state index in [9.17, 15) is 5.11 Å². The van der Waals surface area contributed by atoms with Crippen molar-refractivity contribution in [2.75, 3.05) is 25.6 Å². The second-order valence-corrected chi connectivity index (χ2v) is 6.35. The van der Waals surface area contributed by atoms with Crippen LogP contribution in [-0.2, 0) is 11.8 Å². The van der Waals surface area contributed by atoms with Crippen molar-refractivity contribution in [3.05, 3.63) is 35.7 Å². The zero-order chi connectivity index (χ0) is 16.7. The van der Waals surface area contributed by atoms with Crippen molar-refractivity contribution in [2.45, 2.75) is 25.1 Å². The average Bonchev–Trinajstić information content (AvgIpc) is 2.93. The van der Waals surface area contributed by atoms with Gasteiger partial charge in [0.15, 0.2) is 5.16 Å². The molecule has 0 radical (unpaired) electrons. The maximum absolute atomic E-state index is 9.88. The summed E-state index contributed by atoms with van der Waals surface area (Å²) >= 11 is 1.45. The minimum atomic E-state index is -0.543. The molecule has 0 fully saturated rings. The number of ether oxygens (including phenoxy) is 2. The quantitative estimate of drug-likeness (QED) is 0.557. The van der Waals surface area contributed by atoms with E-state index >= 15 is 0 Å². The van der Waals surface area contributed by atoms with Gasteiger partial charge >= 0.3 is 0 Å². The first kappa shape index (κ1) is 17.8. The van der Waals surface area contributed by atoms with E-state index in [2.05, 4.69) is 24.0 Å². The Kier molecular flexibility index (Phi) is 6.88. The van der Waals surface area contributed by atoms with Gasteiger partial charge in [-0.05, 0) is 37.1 Å². The number of aliphatic hydroxyl groups excluding tert-OH is 1. The van der Waals surface area contributed by atoms with Crippen LogP contribution in [0.2, 0.25) is 0 Å². The van der Waals surface area contributed by atoms with Gasteiger partial charge in [-0.3, -0.25) is 0 Å². The molecule has 2 aromatic rings. The predicted molar refractivity (Wildman–Crippen MR) is 90.0 cm³/mol. The third-order valence-corrected chi connectivity index (χ3v) is 4.54. The molecule has 0 aliphatic heterocycles. The van der Waals surface area contributed by atoms with Gasteiger partial charge in [-0.2, -0.15) is 0 Å². The van der Waals surface area contributed by atoms with E-state index in [4.69, 9.17) is 9.47 Å². The van der Waals surface area contributed by atoms with E-state index in [1.165, 1.54) is 22.9 Å². The van der Waals surface area contributed by atoms with Crippen LogP contribution in [0.25, 0.3) is 0 Å². The van der Waals surface area contributed by atoms with Gasteiger partial charge in [0.1, 0.15) is 18.7 Å². The Morgan fingerprint density at radius 3 is 2.78 bits per heavy atom. The molecule has 7 heteroatoms. The molecule has 0 saturated heterocycles. The predicted octanol–water partition coefficient (Wildman–Crippen LogP) is 1.98. The lowest BCUT2D eigenvalue weighted by atomic mass is 10.1. The number of thioether (sulfide) groups is 1. The lowest BCUT2D eigenvalue weighted by Crippen LogP contribution is -2.20. The summed E-state index contributed by atoms with van der Waals surface area (Å²) < 4.78 is 12.9. The van der Waals surface area contributed by atoms with Crippen LogP contribution in [0.5, 0.6) is 5.75 Å². The van der Waals surface area contributed by atoms with Gasteiger partial charge in [0.25, 0.3) is 0 Å². The number of hydrogen-bond acceptors (Lipinski definition) is 6. The van der Waals surface area contributed by atoms with Crippen LogP contribution in [0.15, 0.2) is 29.7 Å². The Hall–Kier alpha value is -1.57. The van der Waals surface area contributed by atoms with Gasteiger partial charge in [-0.1, -0.05) is 17.8 Å². The number of rotatable bonds is 9. The lowest BCUT2D eigenvalue weighted by Gasteiger charge is -2.12. The van der Waals surface area contributed by atoms with Crippen LogP contribution in [0.4, 0.5) is 0 Å². The van der Waals surface area contributed by atoms with Crippen LogP contribution in [0.1, 0.15) is 11.1 Å². The summed E-state index contributed by atoms with van der Waals surface area (Å²) in [6.07, 6.45) is 1.09. The maximum atomic E-state index is 9.88. The van der Waals surface area contributed by atoms with E-state index in [1.54, 1.807) is 6.33 Å². The standard InChI is InChI=1S/C16H23N3O3S/c1-12-4-5-15(8-13(12)2)22-7-6-21-9-14(20)10-23-16-18-17-11-19(16)3/h4-5,8,11,14,20H,6-7,9-10H2,1-3H3. The highest BCUT2D eigenvalue weighted by molar-refractivity contribution is 7.99. The summed E-state index contributed by atoms with van der Waals surface area (Å²) in [4.78, 5) is 0. The zero-order valence-electron chi connectivity index (χ0n) is 13.7. The van der Waals surface area contributed by atoms with Gasteiger partial charge < -0.3 is 19.1 Å². The summed E-state index contributed by atoms with van der Waals surface area (Å²) in [5, 5.41) is 18.4.